The van der Waals surface area contributed by atoms with Crippen molar-refractivity contribution in [1.82, 2.24) is 5.32 Å². The molecule has 16 heavy (non-hydrogen) atoms. The molecule has 0 amide bonds. The SMILES string of the molecule is CC(C)C(CI)NCc1ccc(Cl)cc1F. The van der Waals surface area contributed by atoms with E-state index in [1.807, 2.05) is 0 Å². The van der Waals surface area contributed by atoms with Crippen LogP contribution in [0.3, 0.4) is 0 Å². The average molecular weight is 356 g/mol. The molecule has 1 unspecified atom stereocenters. The standard InChI is InChI=1S/C12H16ClFIN/c1-8(2)12(6-15)16-7-9-3-4-10(13)5-11(9)14/h3-5,8,12,16H,6-7H2,1-2H3. The molecule has 4 heteroatoms. The zero-order chi connectivity index (χ0) is 12.1. The van der Waals surface area contributed by atoms with Gasteiger partial charge in [0.25, 0.3) is 0 Å². The minimum Gasteiger partial charge on any atom is -0.309 e. The zero-order valence-electron chi connectivity index (χ0n) is 9.43. The van der Waals surface area contributed by atoms with Crippen LogP contribution in [-0.4, -0.2) is 10.5 Å². The van der Waals surface area contributed by atoms with Gasteiger partial charge in [0.15, 0.2) is 0 Å². The third kappa shape index (κ3) is 4.18. The molecular formula is C12H16ClFIN. The van der Waals surface area contributed by atoms with Crippen LogP contribution in [0.15, 0.2) is 18.2 Å². The Labute approximate surface area is 115 Å². The van der Waals surface area contributed by atoms with Crippen molar-refractivity contribution in [2.24, 2.45) is 5.92 Å². The summed E-state index contributed by atoms with van der Waals surface area (Å²) in [4.78, 5) is 0. The Morgan fingerprint density at radius 2 is 2.12 bits per heavy atom. The van der Waals surface area contributed by atoms with Gasteiger partial charge in [-0.3, -0.25) is 0 Å². The van der Waals surface area contributed by atoms with Gasteiger partial charge in [0.2, 0.25) is 0 Å². The molecule has 0 aliphatic carbocycles. The summed E-state index contributed by atoms with van der Waals surface area (Å²) in [6.07, 6.45) is 0. The second kappa shape index (κ2) is 6.77. The quantitative estimate of drug-likeness (QED) is 0.621. The fourth-order valence-electron chi connectivity index (χ4n) is 1.37. The lowest BCUT2D eigenvalue weighted by Gasteiger charge is -2.20. The van der Waals surface area contributed by atoms with Gasteiger partial charge in [0, 0.05) is 27.6 Å². The minimum atomic E-state index is -0.240. The molecule has 0 heterocycles. The van der Waals surface area contributed by atoms with E-state index in [-0.39, 0.29) is 5.82 Å². The van der Waals surface area contributed by atoms with Gasteiger partial charge in [-0.2, -0.15) is 0 Å². The third-order valence-electron chi connectivity index (χ3n) is 2.54. The first-order valence-corrected chi connectivity index (χ1v) is 7.18. The predicted octanol–water partition coefficient (Wildman–Crippen LogP) is 4.03. The highest BCUT2D eigenvalue weighted by Gasteiger charge is 2.11. The third-order valence-corrected chi connectivity index (χ3v) is 3.72. The Morgan fingerprint density at radius 3 is 2.62 bits per heavy atom. The average Bonchev–Trinajstić information content (AvgIpc) is 2.21. The van der Waals surface area contributed by atoms with Gasteiger partial charge in [0.05, 0.1) is 0 Å². The van der Waals surface area contributed by atoms with E-state index in [1.54, 1.807) is 12.1 Å². The van der Waals surface area contributed by atoms with Crippen LogP contribution in [0.25, 0.3) is 0 Å². The number of nitrogens with one attached hydrogen (secondary N) is 1. The Hall–Kier alpha value is 0.130. The molecule has 0 saturated heterocycles. The first-order valence-electron chi connectivity index (χ1n) is 5.28. The van der Waals surface area contributed by atoms with E-state index in [0.717, 1.165) is 4.43 Å². The van der Waals surface area contributed by atoms with Gasteiger partial charge in [0.1, 0.15) is 5.82 Å². The van der Waals surface area contributed by atoms with Crippen molar-refractivity contribution in [2.75, 3.05) is 4.43 Å². The van der Waals surface area contributed by atoms with Crippen molar-refractivity contribution in [3.8, 4) is 0 Å². The van der Waals surface area contributed by atoms with Crippen LogP contribution >= 0.6 is 34.2 Å². The molecule has 1 atom stereocenters. The number of hydrogen-bond acceptors (Lipinski definition) is 1. The van der Waals surface area contributed by atoms with Crippen molar-refractivity contribution in [1.29, 1.82) is 0 Å². The second-order valence-electron chi connectivity index (χ2n) is 4.12. The molecular weight excluding hydrogens is 339 g/mol. The highest BCUT2D eigenvalue weighted by molar-refractivity contribution is 14.1. The topological polar surface area (TPSA) is 12.0 Å². The van der Waals surface area contributed by atoms with Gasteiger partial charge in [-0.05, 0) is 18.1 Å². The smallest absolute Gasteiger partial charge is 0.129 e. The molecule has 1 rings (SSSR count). The summed E-state index contributed by atoms with van der Waals surface area (Å²) in [5.74, 6) is 0.309. The van der Waals surface area contributed by atoms with Crippen molar-refractivity contribution in [2.45, 2.75) is 26.4 Å². The van der Waals surface area contributed by atoms with Crippen molar-refractivity contribution < 1.29 is 4.39 Å². The maximum Gasteiger partial charge on any atom is 0.129 e. The molecule has 0 saturated carbocycles. The van der Waals surface area contributed by atoms with Crippen LogP contribution < -0.4 is 5.32 Å². The summed E-state index contributed by atoms with van der Waals surface area (Å²) < 4.78 is 14.5. The normalized spacial score (nSPS) is 13.1. The van der Waals surface area contributed by atoms with Crippen LogP contribution in [-0.2, 0) is 6.54 Å². The highest BCUT2D eigenvalue weighted by Crippen LogP contribution is 2.15. The number of rotatable bonds is 5. The Bertz CT molecular complexity index is 344. The summed E-state index contributed by atoms with van der Waals surface area (Å²) in [6, 6.07) is 5.22. The van der Waals surface area contributed by atoms with E-state index < -0.39 is 0 Å². The fraction of sp³-hybridized carbons (Fsp3) is 0.500. The van der Waals surface area contributed by atoms with Crippen LogP contribution in [0, 0.1) is 11.7 Å². The van der Waals surface area contributed by atoms with Gasteiger partial charge in [-0.15, -0.1) is 0 Å². The molecule has 0 fully saturated rings. The van der Waals surface area contributed by atoms with Crippen molar-refractivity contribution in [3.63, 3.8) is 0 Å². The molecule has 1 nitrogen and oxygen atoms in total. The molecule has 0 aromatic heterocycles. The van der Waals surface area contributed by atoms with Crippen molar-refractivity contribution >= 4 is 34.2 Å². The zero-order valence-corrected chi connectivity index (χ0v) is 12.3. The highest BCUT2D eigenvalue weighted by atomic mass is 127. The number of alkyl halides is 1. The molecule has 0 spiro atoms. The molecule has 1 aromatic rings. The van der Waals surface area contributed by atoms with Gasteiger partial charge in [-0.1, -0.05) is 54.1 Å². The van der Waals surface area contributed by atoms with E-state index in [2.05, 4.69) is 41.8 Å². The van der Waals surface area contributed by atoms with Crippen molar-refractivity contribution in [3.05, 3.63) is 34.6 Å². The van der Waals surface area contributed by atoms with Gasteiger partial charge in [-0.25, -0.2) is 4.39 Å². The summed E-state index contributed by atoms with van der Waals surface area (Å²) in [7, 11) is 0. The Balaban J connectivity index is 2.60. The number of halogens is 3. The minimum absolute atomic E-state index is 0.240. The Kier molecular flexibility index (Phi) is 6.00. The van der Waals surface area contributed by atoms with Gasteiger partial charge >= 0.3 is 0 Å². The van der Waals surface area contributed by atoms with Crippen LogP contribution in [0.1, 0.15) is 19.4 Å². The number of hydrogen-bond donors (Lipinski definition) is 1. The summed E-state index contributed by atoms with van der Waals surface area (Å²) in [6.45, 7) is 4.87. The lowest BCUT2D eigenvalue weighted by Crippen LogP contribution is -2.34. The Morgan fingerprint density at radius 1 is 1.44 bits per heavy atom. The summed E-state index contributed by atoms with van der Waals surface area (Å²) >= 11 is 8.04. The van der Waals surface area contributed by atoms with Crippen LogP contribution in [0.4, 0.5) is 4.39 Å². The monoisotopic (exact) mass is 355 g/mol. The summed E-state index contributed by atoms with van der Waals surface area (Å²) in [5, 5.41) is 3.80. The van der Waals surface area contributed by atoms with E-state index in [9.17, 15) is 4.39 Å². The molecule has 0 aliphatic heterocycles. The van der Waals surface area contributed by atoms with Crippen LogP contribution in [0.2, 0.25) is 5.02 Å². The molecule has 0 bridgehead atoms. The van der Waals surface area contributed by atoms with Gasteiger partial charge < -0.3 is 5.32 Å². The second-order valence-corrected chi connectivity index (χ2v) is 5.44. The van der Waals surface area contributed by atoms with E-state index in [0.29, 0.717) is 29.1 Å². The molecule has 90 valence electrons. The lowest BCUT2D eigenvalue weighted by molar-refractivity contribution is 0.431. The maximum absolute atomic E-state index is 13.5. The fourth-order valence-corrected chi connectivity index (χ4v) is 2.86. The predicted molar refractivity (Wildman–Crippen MR) is 75.8 cm³/mol. The number of benzene rings is 1. The maximum atomic E-state index is 13.5. The molecule has 0 aliphatic rings. The lowest BCUT2D eigenvalue weighted by atomic mass is 10.1. The first-order chi connectivity index (χ1) is 7.54. The molecule has 1 aromatic carbocycles. The largest absolute Gasteiger partial charge is 0.309 e. The van der Waals surface area contributed by atoms with E-state index in [1.165, 1.54) is 6.07 Å². The van der Waals surface area contributed by atoms with E-state index in [4.69, 9.17) is 11.6 Å². The van der Waals surface area contributed by atoms with Crippen LogP contribution in [0.5, 0.6) is 0 Å². The molecule has 1 N–H and O–H groups in total. The first kappa shape index (κ1) is 14.2. The van der Waals surface area contributed by atoms with E-state index >= 15 is 0 Å². The molecule has 0 radical (unpaired) electrons. The summed E-state index contributed by atoms with van der Waals surface area (Å²) in [5.41, 5.74) is 0.667.